The van der Waals surface area contributed by atoms with Crippen LogP contribution in [0, 0.1) is 5.82 Å². The minimum absolute atomic E-state index is 0.230. The lowest BCUT2D eigenvalue weighted by atomic mass is 10.1. The zero-order chi connectivity index (χ0) is 17.3. The van der Waals surface area contributed by atoms with Crippen LogP contribution < -0.4 is 0 Å². The van der Waals surface area contributed by atoms with Crippen LogP contribution in [0.4, 0.5) is 4.39 Å². The van der Waals surface area contributed by atoms with E-state index in [1.807, 2.05) is 4.68 Å². The Bertz CT molecular complexity index is 705. The van der Waals surface area contributed by atoms with Crippen molar-refractivity contribution in [2.75, 3.05) is 6.61 Å². The van der Waals surface area contributed by atoms with Crippen LogP contribution in [0.5, 0.6) is 0 Å². The summed E-state index contributed by atoms with van der Waals surface area (Å²) in [4.78, 5) is 0. The first-order valence-corrected chi connectivity index (χ1v) is 12.9. The average Bonchev–Trinajstić information content (AvgIpc) is 3.28. The number of nitrogens with zero attached hydrogens (tertiary/aromatic N) is 2. The quantitative estimate of drug-likeness (QED) is 0.435. The number of hydrogen-bond donors (Lipinski definition) is 0. The van der Waals surface area contributed by atoms with E-state index in [2.05, 4.69) is 35.6 Å². The molecule has 1 aromatic carbocycles. The molecule has 130 valence electrons. The fourth-order valence-corrected chi connectivity index (χ4v) is 4.21. The minimum atomic E-state index is -1.08. The predicted octanol–water partition coefficient (Wildman–Crippen LogP) is 5.64. The second kappa shape index (κ2) is 7.10. The van der Waals surface area contributed by atoms with Crippen LogP contribution in [-0.4, -0.2) is 24.5 Å². The Kier molecular flexibility index (Phi) is 5.27. The van der Waals surface area contributed by atoms with Gasteiger partial charge >= 0.3 is 0 Å². The number of rotatable bonds is 7. The first-order valence-electron chi connectivity index (χ1n) is 8.45. The molecule has 0 spiro atoms. The van der Waals surface area contributed by atoms with Gasteiger partial charge in [-0.15, -0.1) is 0 Å². The number of halogens is 2. The molecular weight excluding hydrogens is 387 g/mol. The summed E-state index contributed by atoms with van der Waals surface area (Å²) in [5, 5.41) is 4.74. The summed E-state index contributed by atoms with van der Waals surface area (Å²) < 4.78 is 22.1. The van der Waals surface area contributed by atoms with E-state index < -0.39 is 8.07 Å². The number of hydrogen-bond acceptors (Lipinski definition) is 2. The summed E-state index contributed by atoms with van der Waals surface area (Å²) in [6.07, 6.45) is 2.39. The molecule has 0 unspecified atom stereocenters. The van der Waals surface area contributed by atoms with Crippen LogP contribution in [0.2, 0.25) is 25.7 Å². The summed E-state index contributed by atoms with van der Waals surface area (Å²) in [6, 6.07) is 7.65. The number of benzene rings is 1. The van der Waals surface area contributed by atoms with Gasteiger partial charge < -0.3 is 4.74 Å². The summed E-state index contributed by atoms with van der Waals surface area (Å²) in [5.74, 6) is 0.327. The highest BCUT2D eigenvalue weighted by Crippen LogP contribution is 2.46. The largest absolute Gasteiger partial charge is 0.360 e. The lowest BCUT2D eigenvalue weighted by Crippen LogP contribution is -2.22. The SMILES string of the molecule is C[Si](C)(C)CCOCn1nc(-c2ccc(F)cc2)c(Br)c1C1CC1. The Hall–Kier alpha value is -0.983. The molecule has 0 radical (unpaired) electrons. The molecule has 2 aromatic rings. The van der Waals surface area contributed by atoms with E-state index in [9.17, 15) is 4.39 Å². The lowest BCUT2D eigenvalue weighted by molar-refractivity contribution is 0.0765. The number of aromatic nitrogens is 2. The fraction of sp³-hybridized carbons (Fsp3) is 0.500. The lowest BCUT2D eigenvalue weighted by Gasteiger charge is -2.15. The summed E-state index contributed by atoms with van der Waals surface area (Å²) in [7, 11) is -1.08. The van der Waals surface area contributed by atoms with E-state index in [0.717, 1.165) is 28.4 Å². The van der Waals surface area contributed by atoms with Gasteiger partial charge in [0.2, 0.25) is 0 Å². The Labute approximate surface area is 152 Å². The third kappa shape index (κ3) is 4.35. The third-order valence-corrected chi connectivity index (χ3v) is 6.71. The zero-order valence-corrected chi connectivity index (χ0v) is 17.1. The zero-order valence-electron chi connectivity index (χ0n) is 14.5. The van der Waals surface area contributed by atoms with Crippen LogP contribution in [0.3, 0.4) is 0 Å². The van der Waals surface area contributed by atoms with Crippen LogP contribution in [0.25, 0.3) is 11.3 Å². The smallest absolute Gasteiger partial charge is 0.139 e. The number of ether oxygens (including phenoxy) is 1. The van der Waals surface area contributed by atoms with Gasteiger partial charge in [0.25, 0.3) is 0 Å². The van der Waals surface area contributed by atoms with Crippen molar-refractivity contribution in [3.05, 3.63) is 40.2 Å². The van der Waals surface area contributed by atoms with Gasteiger partial charge in [0.05, 0.1) is 10.2 Å². The molecule has 0 bridgehead atoms. The minimum Gasteiger partial charge on any atom is -0.360 e. The standard InChI is InChI=1S/C18H24BrFN2OSi/c1-24(2,3)11-10-23-12-22-18(14-4-5-14)16(19)17(21-22)13-6-8-15(20)9-7-13/h6-9,14H,4-5,10-12H2,1-3H3. The van der Waals surface area contributed by atoms with E-state index in [0.29, 0.717) is 12.6 Å². The molecule has 0 amide bonds. The summed E-state index contributed by atoms with van der Waals surface area (Å²) in [6.45, 7) is 8.31. The molecule has 1 aromatic heterocycles. The van der Waals surface area contributed by atoms with Crippen molar-refractivity contribution < 1.29 is 9.13 Å². The Balaban J connectivity index is 1.78. The second-order valence-electron chi connectivity index (χ2n) is 7.68. The fourth-order valence-electron chi connectivity index (χ4n) is 2.62. The monoisotopic (exact) mass is 410 g/mol. The van der Waals surface area contributed by atoms with Crippen LogP contribution >= 0.6 is 15.9 Å². The molecule has 1 aliphatic rings. The van der Waals surface area contributed by atoms with Crippen molar-refractivity contribution in [2.24, 2.45) is 0 Å². The summed E-state index contributed by atoms with van der Waals surface area (Å²) in [5.41, 5.74) is 3.00. The molecule has 0 saturated heterocycles. The van der Waals surface area contributed by atoms with E-state index in [-0.39, 0.29) is 5.82 Å². The van der Waals surface area contributed by atoms with Crippen molar-refractivity contribution >= 4 is 24.0 Å². The van der Waals surface area contributed by atoms with Gasteiger partial charge in [-0.2, -0.15) is 5.10 Å². The van der Waals surface area contributed by atoms with Gasteiger partial charge in [0.15, 0.2) is 0 Å². The Morgan fingerprint density at radius 2 is 1.92 bits per heavy atom. The second-order valence-corrected chi connectivity index (χ2v) is 14.1. The molecule has 0 N–H and O–H groups in total. The molecular formula is C18H24BrFN2OSi. The van der Waals surface area contributed by atoms with Crippen molar-refractivity contribution in [3.63, 3.8) is 0 Å². The van der Waals surface area contributed by atoms with Crippen molar-refractivity contribution in [1.82, 2.24) is 9.78 Å². The average molecular weight is 411 g/mol. The molecule has 1 aliphatic carbocycles. The highest BCUT2D eigenvalue weighted by atomic mass is 79.9. The summed E-state index contributed by atoms with van der Waals surface area (Å²) >= 11 is 3.71. The first kappa shape index (κ1) is 17.8. The Morgan fingerprint density at radius 1 is 1.25 bits per heavy atom. The highest BCUT2D eigenvalue weighted by Gasteiger charge is 2.32. The van der Waals surface area contributed by atoms with E-state index in [1.165, 1.54) is 30.7 Å². The molecule has 1 fully saturated rings. The molecule has 0 aliphatic heterocycles. The maximum atomic E-state index is 13.2. The molecule has 24 heavy (non-hydrogen) atoms. The maximum Gasteiger partial charge on any atom is 0.139 e. The first-order chi connectivity index (χ1) is 11.3. The molecule has 3 nitrogen and oxygen atoms in total. The molecule has 1 heterocycles. The van der Waals surface area contributed by atoms with Gasteiger partial charge in [-0.3, -0.25) is 0 Å². The van der Waals surface area contributed by atoms with Crippen LogP contribution in [-0.2, 0) is 11.5 Å². The van der Waals surface area contributed by atoms with E-state index in [1.54, 1.807) is 12.1 Å². The molecule has 1 saturated carbocycles. The normalized spacial score (nSPS) is 15.0. The molecule has 6 heteroatoms. The van der Waals surface area contributed by atoms with Crippen LogP contribution in [0.15, 0.2) is 28.7 Å². The van der Waals surface area contributed by atoms with Gasteiger partial charge in [-0.1, -0.05) is 19.6 Å². The Morgan fingerprint density at radius 3 is 2.50 bits per heavy atom. The third-order valence-electron chi connectivity index (χ3n) is 4.22. The van der Waals surface area contributed by atoms with Gasteiger partial charge in [0, 0.05) is 26.2 Å². The van der Waals surface area contributed by atoms with Crippen LogP contribution in [0.1, 0.15) is 24.5 Å². The van der Waals surface area contributed by atoms with E-state index >= 15 is 0 Å². The maximum absolute atomic E-state index is 13.2. The van der Waals surface area contributed by atoms with Crippen molar-refractivity contribution in [2.45, 2.75) is 51.2 Å². The molecule has 3 rings (SSSR count). The highest BCUT2D eigenvalue weighted by molar-refractivity contribution is 9.10. The predicted molar refractivity (Wildman–Crippen MR) is 101 cm³/mol. The van der Waals surface area contributed by atoms with Gasteiger partial charge in [-0.25, -0.2) is 9.07 Å². The topological polar surface area (TPSA) is 27.1 Å². The van der Waals surface area contributed by atoms with Gasteiger partial charge in [-0.05, 0) is 59.1 Å². The molecule has 0 atom stereocenters. The van der Waals surface area contributed by atoms with Crippen molar-refractivity contribution in [1.29, 1.82) is 0 Å². The van der Waals surface area contributed by atoms with Gasteiger partial charge in [0.1, 0.15) is 18.2 Å². The van der Waals surface area contributed by atoms with Crippen molar-refractivity contribution in [3.8, 4) is 11.3 Å². The van der Waals surface area contributed by atoms with E-state index in [4.69, 9.17) is 9.84 Å².